The van der Waals surface area contributed by atoms with E-state index < -0.39 is 0 Å². The van der Waals surface area contributed by atoms with Crippen LogP contribution < -0.4 is 10.1 Å². The molecule has 5 heteroatoms. The number of nitrogens with zero attached hydrogens (tertiary/aromatic N) is 1. The molecule has 0 aliphatic heterocycles. The molecule has 3 rings (SSSR count). The van der Waals surface area contributed by atoms with E-state index in [-0.39, 0.29) is 18.3 Å². The number of rotatable bonds is 5. The predicted molar refractivity (Wildman–Crippen MR) is 80.7 cm³/mol. The monoisotopic (exact) mass is 296 g/mol. The van der Waals surface area contributed by atoms with Gasteiger partial charge in [-0.05, 0) is 41.8 Å². The summed E-state index contributed by atoms with van der Waals surface area (Å²) in [6, 6.07) is 9.10. The molecule has 2 aromatic rings. The number of aryl methyl sites for hydroxylation is 1. The maximum Gasteiger partial charge on any atom is 0.258 e. The van der Waals surface area contributed by atoms with Gasteiger partial charge in [0.15, 0.2) is 12.4 Å². The highest BCUT2D eigenvalue weighted by molar-refractivity contribution is 6.00. The van der Waals surface area contributed by atoms with Gasteiger partial charge in [-0.1, -0.05) is 6.07 Å². The third-order valence-electron chi connectivity index (χ3n) is 3.61. The summed E-state index contributed by atoms with van der Waals surface area (Å²) < 4.78 is 5.45. The number of benzene rings is 1. The van der Waals surface area contributed by atoms with E-state index in [1.54, 1.807) is 24.5 Å². The quantitative estimate of drug-likeness (QED) is 0.915. The van der Waals surface area contributed by atoms with Crippen LogP contribution in [0.4, 0.5) is 0 Å². The molecular formula is C17H16N2O3. The molecule has 0 fully saturated rings. The molecule has 1 aromatic carbocycles. The molecule has 0 radical (unpaired) electrons. The molecule has 0 unspecified atom stereocenters. The van der Waals surface area contributed by atoms with Crippen molar-refractivity contribution in [2.75, 3.05) is 6.61 Å². The number of aromatic nitrogens is 1. The number of fused-ring (bicyclic) bond motifs is 1. The minimum Gasteiger partial charge on any atom is -0.484 e. The van der Waals surface area contributed by atoms with Crippen molar-refractivity contribution < 1.29 is 14.3 Å². The van der Waals surface area contributed by atoms with Crippen LogP contribution in [-0.4, -0.2) is 23.3 Å². The smallest absolute Gasteiger partial charge is 0.258 e. The molecule has 1 aliphatic rings. The van der Waals surface area contributed by atoms with Crippen molar-refractivity contribution in [2.24, 2.45) is 0 Å². The van der Waals surface area contributed by atoms with Gasteiger partial charge in [0, 0.05) is 30.9 Å². The summed E-state index contributed by atoms with van der Waals surface area (Å²) in [4.78, 5) is 27.4. The Balaban J connectivity index is 1.51. The molecule has 0 atom stereocenters. The van der Waals surface area contributed by atoms with Gasteiger partial charge in [-0.3, -0.25) is 14.6 Å². The van der Waals surface area contributed by atoms with Gasteiger partial charge in [-0.25, -0.2) is 0 Å². The third-order valence-corrected chi connectivity index (χ3v) is 3.61. The highest BCUT2D eigenvalue weighted by Crippen LogP contribution is 2.26. The normalized spacial score (nSPS) is 12.8. The molecule has 0 saturated heterocycles. The summed E-state index contributed by atoms with van der Waals surface area (Å²) in [6.45, 7) is 0.367. The first kappa shape index (κ1) is 14.3. The van der Waals surface area contributed by atoms with Crippen molar-refractivity contribution in [3.05, 3.63) is 59.4 Å². The van der Waals surface area contributed by atoms with Crippen LogP contribution in [0.15, 0.2) is 42.7 Å². The summed E-state index contributed by atoms with van der Waals surface area (Å²) in [7, 11) is 0. The largest absolute Gasteiger partial charge is 0.484 e. The summed E-state index contributed by atoms with van der Waals surface area (Å²) in [6.07, 6.45) is 4.71. The molecule has 0 saturated carbocycles. The number of carbonyl (C=O) groups is 2. The number of carbonyl (C=O) groups excluding carboxylic acids is 2. The zero-order valence-electron chi connectivity index (χ0n) is 12.0. The van der Waals surface area contributed by atoms with Crippen molar-refractivity contribution in [1.82, 2.24) is 10.3 Å². The fourth-order valence-electron chi connectivity index (χ4n) is 2.41. The minimum atomic E-state index is -0.205. The number of hydrogen-bond acceptors (Lipinski definition) is 4. The number of pyridine rings is 1. The lowest BCUT2D eigenvalue weighted by Gasteiger charge is -2.08. The highest BCUT2D eigenvalue weighted by atomic mass is 16.5. The number of hydrogen-bond donors (Lipinski definition) is 1. The van der Waals surface area contributed by atoms with Crippen LogP contribution in [-0.2, 0) is 17.8 Å². The van der Waals surface area contributed by atoms with E-state index in [0.29, 0.717) is 18.7 Å². The van der Waals surface area contributed by atoms with E-state index in [2.05, 4.69) is 10.3 Å². The zero-order valence-corrected chi connectivity index (χ0v) is 12.0. The summed E-state index contributed by atoms with van der Waals surface area (Å²) in [5, 5.41) is 2.77. The van der Waals surface area contributed by atoms with Gasteiger partial charge in [-0.2, -0.15) is 0 Å². The van der Waals surface area contributed by atoms with Crippen LogP contribution >= 0.6 is 0 Å². The second kappa shape index (κ2) is 6.39. The summed E-state index contributed by atoms with van der Waals surface area (Å²) in [5.74, 6) is 0.485. The Bertz CT molecular complexity index is 698. The van der Waals surface area contributed by atoms with Gasteiger partial charge < -0.3 is 10.1 Å². The Morgan fingerprint density at radius 3 is 2.82 bits per heavy atom. The maximum atomic E-state index is 11.8. The molecule has 112 valence electrons. The maximum absolute atomic E-state index is 11.8. The fraction of sp³-hybridized carbons (Fsp3) is 0.235. The van der Waals surface area contributed by atoms with Crippen LogP contribution in [0.5, 0.6) is 5.75 Å². The van der Waals surface area contributed by atoms with E-state index in [1.807, 2.05) is 18.2 Å². The second-order valence-corrected chi connectivity index (χ2v) is 5.16. The molecule has 0 bridgehead atoms. The predicted octanol–water partition coefficient (Wildman–Crippen LogP) is 1.91. The first-order valence-electron chi connectivity index (χ1n) is 7.17. The first-order valence-corrected chi connectivity index (χ1v) is 7.17. The Morgan fingerprint density at radius 2 is 2.00 bits per heavy atom. The van der Waals surface area contributed by atoms with Crippen LogP contribution in [0.1, 0.15) is 27.9 Å². The fourth-order valence-corrected chi connectivity index (χ4v) is 2.41. The minimum absolute atomic E-state index is 0.0714. The van der Waals surface area contributed by atoms with Crippen molar-refractivity contribution in [3.63, 3.8) is 0 Å². The van der Waals surface area contributed by atoms with Crippen LogP contribution in [0.25, 0.3) is 0 Å². The van der Waals surface area contributed by atoms with Gasteiger partial charge in [0.05, 0.1) is 0 Å². The van der Waals surface area contributed by atoms with Crippen molar-refractivity contribution in [3.8, 4) is 5.75 Å². The van der Waals surface area contributed by atoms with E-state index in [9.17, 15) is 9.59 Å². The van der Waals surface area contributed by atoms with Crippen molar-refractivity contribution >= 4 is 11.7 Å². The molecular weight excluding hydrogens is 280 g/mol. The molecule has 1 aromatic heterocycles. The van der Waals surface area contributed by atoms with Crippen molar-refractivity contribution in [1.29, 1.82) is 0 Å². The number of ketones is 1. The Hall–Kier alpha value is -2.69. The SMILES string of the molecule is O=C(COc1ccc2c(c1)C(=O)CC2)NCc1ccncc1. The Morgan fingerprint density at radius 1 is 1.18 bits per heavy atom. The molecule has 1 heterocycles. The Kier molecular flexibility index (Phi) is 4.14. The molecule has 22 heavy (non-hydrogen) atoms. The van der Waals surface area contributed by atoms with E-state index in [1.165, 1.54) is 0 Å². The van der Waals surface area contributed by atoms with E-state index >= 15 is 0 Å². The van der Waals surface area contributed by atoms with Crippen LogP contribution in [0, 0.1) is 0 Å². The highest BCUT2D eigenvalue weighted by Gasteiger charge is 2.19. The van der Waals surface area contributed by atoms with Gasteiger partial charge in [-0.15, -0.1) is 0 Å². The first-order chi connectivity index (χ1) is 10.7. The zero-order chi connectivity index (χ0) is 15.4. The second-order valence-electron chi connectivity index (χ2n) is 5.16. The standard InChI is InChI=1S/C17H16N2O3/c20-16-4-2-13-1-3-14(9-15(13)16)22-11-17(21)19-10-12-5-7-18-8-6-12/h1,3,5-9H,2,4,10-11H2,(H,19,21). The molecule has 1 amide bonds. The van der Waals surface area contributed by atoms with Gasteiger partial charge in [0.2, 0.25) is 0 Å². The third kappa shape index (κ3) is 3.31. The van der Waals surface area contributed by atoms with Gasteiger partial charge in [0.1, 0.15) is 5.75 Å². The molecule has 1 aliphatic carbocycles. The molecule has 0 spiro atoms. The lowest BCUT2D eigenvalue weighted by Crippen LogP contribution is -2.28. The lowest BCUT2D eigenvalue weighted by molar-refractivity contribution is -0.123. The molecule has 5 nitrogen and oxygen atoms in total. The number of amides is 1. The van der Waals surface area contributed by atoms with Crippen molar-refractivity contribution in [2.45, 2.75) is 19.4 Å². The van der Waals surface area contributed by atoms with Gasteiger partial charge >= 0.3 is 0 Å². The number of nitrogens with one attached hydrogen (secondary N) is 1. The topological polar surface area (TPSA) is 68.3 Å². The van der Waals surface area contributed by atoms with E-state index in [0.717, 1.165) is 23.1 Å². The van der Waals surface area contributed by atoms with Gasteiger partial charge in [0.25, 0.3) is 5.91 Å². The summed E-state index contributed by atoms with van der Waals surface area (Å²) in [5.41, 5.74) is 2.75. The average molecular weight is 296 g/mol. The number of Topliss-reactive ketones (excluding diaryl/α,β-unsaturated/α-hetero) is 1. The summed E-state index contributed by atoms with van der Waals surface area (Å²) >= 11 is 0. The Labute approximate surface area is 128 Å². The van der Waals surface area contributed by atoms with Crippen LogP contribution in [0.3, 0.4) is 0 Å². The average Bonchev–Trinajstić information content (AvgIpc) is 2.93. The lowest BCUT2D eigenvalue weighted by atomic mass is 10.1. The van der Waals surface area contributed by atoms with E-state index in [4.69, 9.17) is 4.74 Å². The van der Waals surface area contributed by atoms with Crippen LogP contribution in [0.2, 0.25) is 0 Å². The molecule has 1 N–H and O–H groups in total. The number of ether oxygens (including phenoxy) is 1.